The predicted molar refractivity (Wildman–Crippen MR) is 68.6 cm³/mol. The SMILES string of the molecule is CCOC(=O)N(C)C(CC(CC)OC)C1OC1C. The first-order valence-corrected chi connectivity index (χ1v) is 6.62. The van der Waals surface area contributed by atoms with Crippen LogP contribution in [0.2, 0.25) is 0 Å². The highest BCUT2D eigenvalue weighted by Gasteiger charge is 2.45. The molecule has 1 aliphatic heterocycles. The van der Waals surface area contributed by atoms with E-state index in [1.807, 2.05) is 6.92 Å². The number of hydrogen-bond acceptors (Lipinski definition) is 4. The van der Waals surface area contributed by atoms with Crippen molar-refractivity contribution in [3.63, 3.8) is 0 Å². The third-order valence-corrected chi connectivity index (χ3v) is 3.48. The van der Waals surface area contributed by atoms with Gasteiger partial charge in [-0.3, -0.25) is 0 Å². The zero-order chi connectivity index (χ0) is 13.7. The number of hydrogen-bond donors (Lipinski definition) is 0. The Hall–Kier alpha value is -0.810. The van der Waals surface area contributed by atoms with Gasteiger partial charge >= 0.3 is 6.09 Å². The van der Waals surface area contributed by atoms with Gasteiger partial charge < -0.3 is 19.1 Å². The van der Waals surface area contributed by atoms with Crippen LogP contribution in [0.5, 0.6) is 0 Å². The number of epoxide rings is 1. The highest BCUT2D eigenvalue weighted by atomic mass is 16.6. The smallest absolute Gasteiger partial charge is 0.409 e. The molecule has 4 unspecified atom stereocenters. The summed E-state index contributed by atoms with van der Waals surface area (Å²) in [5, 5.41) is 0. The Kier molecular flexibility index (Phi) is 5.88. The minimum Gasteiger partial charge on any atom is -0.450 e. The first kappa shape index (κ1) is 15.2. The van der Waals surface area contributed by atoms with Crippen molar-refractivity contribution < 1.29 is 19.0 Å². The molecule has 106 valence electrons. The molecule has 1 saturated heterocycles. The van der Waals surface area contributed by atoms with Crippen molar-refractivity contribution in [1.82, 2.24) is 4.90 Å². The second-order valence-electron chi connectivity index (χ2n) is 4.68. The van der Waals surface area contributed by atoms with Gasteiger partial charge in [0.2, 0.25) is 0 Å². The van der Waals surface area contributed by atoms with Crippen molar-refractivity contribution in [3.05, 3.63) is 0 Å². The van der Waals surface area contributed by atoms with Crippen LogP contribution >= 0.6 is 0 Å². The van der Waals surface area contributed by atoms with Gasteiger partial charge in [-0.15, -0.1) is 0 Å². The largest absolute Gasteiger partial charge is 0.450 e. The van der Waals surface area contributed by atoms with Crippen molar-refractivity contribution in [3.8, 4) is 0 Å². The van der Waals surface area contributed by atoms with Crippen LogP contribution in [0, 0.1) is 0 Å². The van der Waals surface area contributed by atoms with Crippen LogP contribution in [0.4, 0.5) is 4.79 Å². The van der Waals surface area contributed by atoms with Crippen molar-refractivity contribution >= 4 is 6.09 Å². The number of rotatable bonds is 7. The van der Waals surface area contributed by atoms with Crippen molar-refractivity contribution in [2.45, 2.75) is 58.0 Å². The van der Waals surface area contributed by atoms with Crippen molar-refractivity contribution in [1.29, 1.82) is 0 Å². The lowest BCUT2D eigenvalue weighted by molar-refractivity contribution is 0.0476. The monoisotopic (exact) mass is 259 g/mol. The van der Waals surface area contributed by atoms with Gasteiger partial charge in [0.15, 0.2) is 0 Å². The lowest BCUT2D eigenvalue weighted by Crippen LogP contribution is -2.43. The highest BCUT2D eigenvalue weighted by Crippen LogP contribution is 2.31. The molecule has 18 heavy (non-hydrogen) atoms. The summed E-state index contributed by atoms with van der Waals surface area (Å²) in [7, 11) is 3.46. The fraction of sp³-hybridized carbons (Fsp3) is 0.923. The van der Waals surface area contributed by atoms with Crippen LogP contribution in [-0.4, -0.2) is 56.1 Å². The quantitative estimate of drug-likeness (QED) is 0.657. The van der Waals surface area contributed by atoms with E-state index in [2.05, 4.69) is 6.92 Å². The van der Waals surface area contributed by atoms with E-state index in [1.54, 1.807) is 26.0 Å². The summed E-state index contributed by atoms with van der Waals surface area (Å²) in [6.45, 7) is 6.29. The maximum Gasteiger partial charge on any atom is 0.409 e. The van der Waals surface area contributed by atoms with E-state index in [0.717, 1.165) is 12.8 Å². The van der Waals surface area contributed by atoms with Crippen LogP contribution in [0.1, 0.15) is 33.6 Å². The average molecular weight is 259 g/mol. The molecule has 5 nitrogen and oxygen atoms in total. The molecule has 0 aromatic carbocycles. The molecule has 1 aliphatic rings. The van der Waals surface area contributed by atoms with Crippen LogP contribution in [0.3, 0.4) is 0 Å². The van der Waals surface area contributed by atoms with Gasteiger partial charge in [-0.25, -0.2) is 4.79 Å². The first-order valence-electron chi connectivity index (χ1n) is 6.62. The van der Waals surface area contributed by atoms with Crippen LogP contribution in [0.15, 0.2) is 0 Å². The van der Waals surface area contributed by atoms with Crippen molar-refractivity contribution in [2.75, 3.05) is 20.8 Å². The maximum atomic E-state index is 11.8. The number of amides is 1. The fourth-order valence-electron chi connectivity index (χ4n) is 2.18. The van der Waals surface area contributed by atoms with Crippen molar-refractivity contribution in [2.24, 2.45) is 0 Å². The molecule has 1 heterocycles. The number of methoxy groups -OCH3 is 1. The predicted octanol–water partition coefficient (Wildman–Crippen LogP) is 2.05. The minimum absolute atomic E-state index is 0.0175. The summed E-state index contributed by atoms with van der Waals surface area (Å²) < 4.78 is 15.9. The van der Waals surface area contributed by atoms with Crippen LogP contribution in [-0.2, 0) is 14.2 Å². The summed E-state index contributed by atoms with van der Waals surface area (Å²) in [4.78, 5) is 13.4. The molecular weight excluding hydrogens is 234 g/mol. The average Bonchev–Trinajstić information content (AvgIpc) is 3.07. The number of carbonyl (C=O) groups excluding carboxylic acids is 1. The molecule has 1 rings (SSSR count). The molecule has 0 bridgehead atoms. The van der Waals surface area contributed by atoms with Gasteiger partial charge in [-0.05, 0) is 26.7 Å². The fourth-order valence-corrected chi connectivity index (χ4v) is 2.18. The van der Waals surface area contributed by atoms with E-state index < -0.39 is 0 Å². The molecular formula is C13H25NO4. The number of ether oxygens (including phenoxy) is 3. The minimum atomic E-state index is -0.295. The molecule has 0 aromatic rings. The van der Waals surface area contributed by atoms with Gasteiger partial charge in [0.05, 0.1) is 24.9 Å². The Labute approximate surface area is 109 Å². The number of nitrogens with zero attached hydrogens (tertiary/aromatic N) is 1. The van der Waals surface area contributed by atoms with E-state index in [4.69, 9.17) is 14.2 Å². The molecule has 1 fully saturated rings. The van der Waals surface area contributed by atoms with E-state index in [0.29, 0.717) is 6.61 Å². The topological polar surface area (TPSA) is 51.3 Å². The Morgan fingerprint density at radius 2 is 2.06 bits per heavy atom. The molecule has 0 N–H and O–H groups in total. The second kappa shape index (κ2) is 6.95. The lowest BCUT2D eigenvalue weighted by Gasteiger charge is -2.29. The molecule has 1 amide bonds. The summed E-state index contributed by atoms with van der Waals surface area (Å²) in [5.41, 5.74) is 0. The lowest BCUT2D eigenvalue weighted by atomic mass is 10.0. The molecule has 0 aliphatic carbocycles. The first-order chi connectivity index (χ1) is 8.54. The van der Waals surface area contributed by atoms with E-state index in [-0.39, 0.29) is 30.4 Å². The Bertz CT molecular complexity index is 268. The molecule has 4 atom stereocenters. The third-order valence-electron chi connectivity index (χ3n) is 3.48. The van der Waals surface area contributed by atoms with E-state index >= 15 is 0 Å². The third kappa shape index (κ3) is 3.85. The molecule has 0 saturated carbocycles. The van der Waals surface area contributed by atoms with Crippen LogP contribution in [0.25, 0.3) is 0 Å². The summed E-state index contributed by atoms with van der Waals surface area (Å²) >= 11 is 0. The zero-order valence-corrected chi connectivity index (χ0v) is 12.0. The number of carbonyl (C=O) groups is 1. The maximum absolute atomic E-state index is 11.8. The van der Waals surface area contributed by atoms with Gasteiger partial charge in [0, 0.05) is 14.2 Å². The molecule has 0 aromatic heterocycles. The Morgan fingerprint density at radius 1 is 1.44 bits per heavy atom. The van der Waals surface area contributed by atoms with Crippen LogP contribution < -0.4 is 0 Å². The zero-order valence-electron chi connectivity index (χ0n) is 12.0. The Balaban J connectivity index is 2.63. The standard InChI is InChI=1S/C13H25NO4/c1-6-10(16-5)8-11(12-9(3)18-12)14(4)13(15)17-7-2/h9-12H,6-8H2,1-5H3. The van der Waals surface area contributed by atoms with E-state index in [1.165, 1.54) is 0 Å². The Morgan fingerprint density at radius 3 is 2.44 bits per heavy atom. The van der Waals surface area contributed by atoms with Gasteiger partial charge in [0.1, 0.15) is 6.10 Å². The normalized spacial score (nSPS) is 25.4. The molecule has 0 spiro atoms. The second-order valence-corrected chi connectivity index (χ2v) is 4.68. The highest BCUT2D eigenvalue weighted by molar-refractivity contribution is 5.67. The van der Waals surface area contributed by atoms with Gasteiger partial charge in [-0.1, -0.05) is 6.92 Å². The van der Waals surface area contributed by atoms with Gasteiger partial charge in [0.25, 0.3) is 0 Å². The van der Waals surface area contributed by atoms with E-state index in [9.17, 15) is 4.79 Å². The molecule has 5 heteroatoms. The van der Waals surface area contributed by atoms with Gasteiger partial charge in [-0.2, -0.15) is 0 Å². The molecule has 0 radical (unpaired) electrons. The summed E-state index contributed by atoms with van der Waals surface area (Å²) in [5.74, 6) is 0. The number of likely N-dealkylation sites (N-methyl/N-ethyl adjacent to an activating group) is 1. The summed E-state index contributed by atoms with van der Waals surface area (Å²) in [6.07, 6.45) is 1.85. The summed E-state index contributed by atoms with van der Waals surface area (Å²) in [6, 6.07) is 0.0175.